The molecule has 0 aromatic carbocycles. The number of alkyl halides is 3. The van der Waals surface area contributed by atoms with Crippen LogP contribution in [-0.4, -0.2) is 28.1 Å². The smallest absolute Gasteiger partial charge is 0.391 e. The highest BCUT2D eigenvalue weighted by molar-refractivity contribution is 7.13. The molecule has 0 radical (unpaired) electrons. The Balaban J connectivity index is 2.01. The summed E-state index contributed by atoms with van der Waals surface area (Å²) in [4.78, 5) is 27.5. The number of halogens is 3. The van der Waals surface area contributed by atoms with E-state index < -0.39 is 35.9 Å². The van der Waals surface area contributed by atoms with E-state index in [2.05, 4.69) is 10.3 Å². The maximum Gasteiger partial charge on any atom is 0.391 e. The Bertz CT molecular complexity index is 630. The topological polar surface area (TPSA) is 79.3 Å². The van der Waals surface area contributed by atoms with Gasteiger partial charge in [-0.05, 0) is 33.1 Å². The highest BCUT2D eigenvalue weighted by atomic mass is 32.1. The average Bonchev–Trinajstić information content (AvgIpc) is 2.88. The maximum absolute atomic E-state index is 12.8. The van der Waals surface area contributed by atoms with Crippen molar-refractivity contribution < 1.29 is 27.9 Å². The fourth-order valence-electron chi connectivity index (χ4n) is 2.92. The van der Waals surface area contributed by atoms with Gasteiger partial charge in [0.1, 0.15) is 9.88 Å². The minimum Gasteiger partial charge on any atom is -0.477 e. The lowest BCUT2D eigenvalue weighted by atomic mass is 9.80. The van der Waals surface area contributed by atoms with E-state index in [1.54, 1.807) is 13.8 Å². The quantitative estimate of drug-likeness (QED) is 0.854. The van der Waals surface area contributed by atoms with Crippen LogP contribution in [-0.2, 0) is 4.79 Å². The van der Waals surface area contributed by atoms with E-state index >= 15 is 0 Å². The molecule has 0 spiro atoms. The van der Waals surface area contributed by atoms with Gasteiger partial charge in [-0.3, -0.25) is 4.79 Å². The van der Waals surface area contributed by atoms with Crippen LogP contribution in [0.3, 0.4) is 0 Å². The maximum atomic E-state index is 12.8. The van der Waals surface area contributed by atoms with Crippen molar-refractivity contribution in [2.75, 3.05) is 0 Å². The van der Waals surface area contributed by atoms with Crippen molar-refractivity contribution in [3.8, 4) is 0 Å². The van der Waals surface area contributed by atoms with Crippen LogP contribution in [0.15, 0.2) is 0 Å². The fraction of sp³-hybridized carbons (Fsp3) is 0.667. The zero-order chi connectivity index (χ0) is 18.1. The molecular weight excluding hydrogens is 345 g/mol. The summed E-state index contributed by atoms with van der Waals surface area (Å²) in [6.45, 7) is 3.21. The summed E-state index contributed by atoms with van der Waals surface area (Å²) in [7, 11) is 0. The first-order valence-corrected chi connectivity index (χ1v) is 8.49. The molecule has 1 aromatic rings. The molecular formula is C15H19F3N2O3S. The van der Waals surface area contributed by atoms with Gasteiger partial charge in [0.15, 0.2) is 0 Å². The van der Waals surface area contributed by atoms with Crippen LogP contribution in [0.2, 0.25) is 0 Å². The molecule has 0 bridgehead atoms. The van der Waals surface area contributed by atoms with E-state index in [-0.39, 0.29) is 17.7 Å². The van der Waals surface area contributed by atoms with E-state index in [0.717, 1.165) is 11.3 Å². The van der Waals surface area contributed by atoms with Gasteiger partial charge in [-0.1, -0.05) is 6.42 Å². The van der Waals surface area contributed by atoms with E-state index in [1.165, 1.54) is 0 Å². The van der Waals surface area contributed by atoms with E-state index in [0.29, 0.717) is 23.5 Å². The summed E-state index contributed by atoms with van der Waals surface area (Å²) in [6, 6.07) is -0.541. The third-order valence-electron chi connectivity index (χ3n) is 4.24. The lowest BCUT2D eigenvalue weighted by Gasteiger charge is -2.30. The van der Waals surface area contributed by atoms with Crippen LogP contribution >= 0.6 is 11.3 Å². The Morgan fingerprint density at radius 2 is 2.04 bits per heavy atom. The van der Waals surface area contributed by atoms with Crippen molar-refractivity contribution in [3.05, 3.63) is 15.6 Å². The van der Waals surface area contributed by atoms with Crippen molar-refractivity contribution in [3.63, 3.8) is 0 Å². The van der Waals surface area contributed by atoms with Gasteiger partial charge in [-0.15, -0.1) is 11.3 Å². The summed E-state index contributed by atoms with van der Waals surface area (Å²) < 4.78 is 38.5. The summed E-state index contributed by atoms with van der Waals surface area (Å²) in [6.07, 6.45) is -3.60. The average molecular weight is 364 g/mol. The Morgan fingerprint density at radius 3 is 2.58 bits per heavy atom. The van der Waals surface area contributed by atoms with Gasteiger partial charge >= 0.3 is 12.1 Å². The number of amides is 1. The normalized spacial score (nSPS) is 22.9. The van der Waals surface area contributed by atoms with Crippen LogP contribution in [0.25, 0.3) is 0 Å². The number of aryl methyl sites for hydroxylation is 1. The molecule has 3 atom stereocenters. The van der Waals surface area contributed by atoms with Crippen LogP contribution in [0.4, 0.5) is 13.2 Å². The Kier molecular flexibility index (Phi) is 5.52. The zero-order valence-electron chi connectivity index (χ0n) is 13.3. The van der Waals surface area contributed by atoms with Gasteiger partial charge in [-0.25, -0.2) is 9.78 Å². The zero-order valence-corrected chi connectivity index (χ0v) is 14.1. The molecule has 1 aromatic heterocycles. The predicted octanol–water partition coefficient (Wildman–Crippen LogP) is 3.70. The second-order valence-corrected chi connectivity index (χ2v) is 7.13. The minimum atomic E-state index is -4.27. The number of carbonyl (C=O) groups excluding carboxylic acids is 1. The van der Waals surface area contributed by atoms with Gasteiger partial charge in [0, 0.05) is 5.92 Å². The van der Waals surface area contributed by atoms with E-state index in [9.17, 15) is 22.8 Å². The summed E-state index contributed by atoms with van der Waals surface area (Å²) in [5.41, 5.74) is 0.360. The standard InChI is InChI=1S/C15H19F3N2O3S/c1-7-11(14(22)23)24-13(20-7)8(2)19-12(21)9-4-3-5-10(6-9)15(16,17)18/h8-10H,3-6H2,1-2H3,(H,19,21)(H,22,23). The van der Waals surface area contributed by atoms with Gasteiger partial charge in [0.25, 0.3) is 0 Å². The molecule has 9 heteroatoms. The number of nitrogens with one attached hydrogen (secondary N) is 1. The predicted molar refractivity (Wildman–Crippen MR) is 81.9 cm³/mol. The molecule has 1 saturated carbocycles. The first-order chi connectivity index (χ1) is 11.1. The highest BCUT2D eigenvalue weighted by Gasteiger charge is 2.43. The number of carbonyl (C=O) groups is 2. The molecule has 5 nitrogen and oxygen atoms in total. The second-order valence-electron chi connectivity index (χ2n) is 6.10. The van der Waals surface area contributed by atoms with Crippen molar-refractivity contribution in [2.45, 2.75) is 51.7 Å². The van der Waals surface area contributed by atoms with Gasteiger partial charge < -0.3 is 10.4 Å². The molecule has 1 fully saturated rings. The number of thiazole rings is 1. The number of aromatic nitrogens is 1. The minimum absolute atomic E-state index is 0.0660. The van der Waals surface area contributed by atoms with Gasteiger partial charge in [-0.2, -0.15) is 13.2 Å². The summed E-state index contributed by atoms with van der Waals surface area (Å²) in [5.74, 6) is -3.62. The molecule has 0 aliphatic heterocycles. The molecule has 1 aliphatic rings. The third-order valence-corrected chi connectivity index (χ3v) is 5.57. The van der Waals surface area contributed by atoms with Crippen molar-refractivity contribution in [2.24, 2.45) is 11.8 Å². The molecule has 1 amide bonds. The number of nitrogens with zero attached hydrogens (tertiary/aromatic N) is 1. The number of carboxylic acids is 1. The van der Waals surface area contributed by atoms with Crippen molar-refractivity contribution in [1.82, 2.24) is 10.3 Å². The first kappa shape index (κ1) is 18.7. The first-order valence-electron chi connectivity index (χ1n) is 7.67. The van der Waals surface area contributed by atoms with Crippen molar-refractivity contribution in [1.29, 1.82) is 0 Å². The molecule has 1 heterocycles. The van der Waals surface area contributed by atoms with E-state index in [4.69, 9.17) is 5.11 Å². The monoisotopic (exact) mass is 364 g/mol. The Morgan fingerprint density at radius 1 is 1.38 bits per heavy atom. The number of aromatic carboxylic acids is 1. The van der Waals surface area contributed by atoms with E-state index in [1.807, 2.05) is 0 Å². The molecule has 134 valence electrons. The lowest BCUT2D eigenvalue weighted by molar-refractivity contribution is -0.186. The number of rotatable bonds is 4. The molecule has 0 saturated heterocycles. The van der Waals surface area contributed by atoms with Crippen LogP contribution in [0.1, 0.15) is 59.0 Å². The van der Waals surface area contributed by atoms with Crippen molar-refractivity contribution >= 4 is 23.2 Å². The van der Waals surface area contributed by atoms with Gasteiger partial charge in [0.2, 0.25) is 5.91 Å². The molecule has 1 aliphatic carbocycles. The number of carboxylic acid groups (broad SMARTS) is 1. The summed E-state index contributed by atoms with van der Waals surface area (Å²) >= 11 is 0.964. The van der Waals surface area contributed by atoms with Gasteiger partial charge in [0.05, 0.1) is 17.7 Å². The largest absolute Gasteiger partial charge is 0.477 e. The number of hydrogen-bond donors (Lipinski definition) is 2. The number of hydrogen-bond acceptors (Lipinski definition) is 4. The molecule has 2 N–H and O–H groups in total. The van der Waals surface area contributed by atoms with Crippen LogP contribution in [0.5, 0.6) is 0 Å². The lowest BCUT2D eigenvalue weighted by Crippen LogP contribution is -2.38. The van der Waals surface area contributed by atoms with Crippen LogP contribution < -0.4 is 5.32 Å². The summed E-state index contributed by atoms with van der Waals surface area (Å²) in [5, 5.41) is 12.1. The molecule has 24 heavy (non-hydrogen) atoms. The second kappa shape index (κ2) is 7.08. The third kappa shape index (κ3) is 4.25. The molecule has 2 rings (SSSR count). The Labute approximate surface area is 141 Å². The fourth-order valence-corrected chi connectivity index (χ4v) is 3.83. The highest BCUT2D eigenvalue weighted by Crippen LogP contribution is 2.40. The SMILES string of the molecule is Cc1nc(C(C)NC(=O)C2CCCC(C(F)(F)F)C2)sc1C(=O)O. The molecule has 3 unspecified atom stereocenters. The van der Waals surface area contributed by atoms with Crippen LogP contribution in [0, 0.1) is 18.8 Å². The Hall–Kier alpha value is -1.64.